The van der Waals surface area contributed by atoms with Crippen LogP contribution in [0.15, 0.2) is 54.6 Å². The van der Waals surface area contributed by atoms with Gasteiger partial charge in [-0.3, -0.25) is 19.4 Å². The Balaban J connectivity index is 1.38. The van der Waals surface area contributed by atoms with E-state index in [0.29, 0.717) is 5.56 Å². The van der Waals surface area contributed by atoms with E-state index in [1.165, 1.54) is 29.8 Å². The molecule has 1 aliphatic carbocycles. The third-order valence-corrected chi connectivity index (χ3v) is 6.97. The van der Waals surface area contributed by atoms with Crippen molar-refractivity contribution in [2.75, 3.05) is 26.2 Å². The van der Waals surface area contributed by atoms with Gasteiger partial charge in [-0.15, -0.1) is 0 Å². The van der Waals surface area contributed by atoms with Gasteiger partial charge in [0.2, 0.25) is 11.8 Å². The summed E-state index contributed by atoms with van der Waals surface area (Å²) in [5.74, 6) is -1.36. The molecule has 176 valence electrons. The van der Waals surface area contributed by atoms with E-state index in [9.17, 15) is 14.0 Å². The van der Waals surface area contributed by atoms with Crippen molar-refractivity contribution in [2.45, 2.75) is 44.3 Å². The van der Waals surface area contributed by atoms with Crippen LogP contribution in [-0.4, -0.2) is 53.8 Å². The summed E-state index contributed by atoms with van der Waals surface area (Å²) in [4.78, 5) is 30.3. The molecule has 6 nitrogen and oxygen atoms in total. The molecule has 2 aromatic carbocycles. The van der Waals surface area contributed by atoms with Gasteiger partial charge in [0.1, 0.15) is 11.9 Å². The van der Waals surface area contributed by atoms with Crippen molar-refractivity contribution >= 4 is 11.8 Å². The summed E-state index contributed by atoms with van der Waals surface area (Å²) < 4.78 is 13.3. The predicted octanol–water partition coefficient (Wildman–Crippen LogP) is 2.84. The quantitative estimate of drug-likeness (QED) is 0.677. The maximum Gasteiger partial charge on any atom is 0.244 e. The van der Waals surface area contributed by atoms with Crippen LogP contribution in [-0.2, 0) is 16.1 Å². The highest BCUT2D eigenvalue weighted by molar-refractivity contribution is 5.88. The van der Waals surface area contributed by atoms with E-state index in [0.717, 1.165) is 58.4 Å². The lowest BCUT2D eigenvalue weighted by Crippen LogP contribution is -2.55. The first-order chi connectivity index (χ1) is 16.0. The molecule has 3 N–H and O–H groups in total. The van der Waals surface area contributed by atoms with Gasteiger partial charge in [-0.05, 0) is 36.1 Å². The molecule has 33 heavy (non-hydrogen) atoms. The van der Waals surface area contributed by atoms with E-state index in [4.69, 9.17) is 5.73 Å². The van der Waals surface area contributed by atoms with Crippen LogP contribution in [0.4, 0.5) is 4.39 Å². The van der Waals surface area contributed by atoms with E-state index < -0.39 is 17.8 Å². The molecule has 0 radical (unpaired) electrons. The zero-order chi connectivity index (χ0) is 23.2. The molecule has 2 aliphatic rings. The van der Waals surface area contributed by atoms with Crippen molar-refractivity contribution in [3.05, 3.63) is 71.5 Å². The Morgan fingerprint density at radius 2 is 1.64 bits per heavy atom. The maximum absolute atomic E-state index is 13.3. The fourth-order valence-electron chi connectivity index (χ4n) is 5.17. The minimum Gasteiger partial charge on any atom is -0.368 e. The molecule has 1 unspecified atom stereocenters. The zero-order valence-corrected chi connectivity index (χ0v) is 19.0. The van der Waals surface area contributed by atoms with Gasteiger partial charge < -0.3 is 11.1 Å². The van der Waals surface area contributed by atoms with Crippen molar-refractivity contribution in [2.24, 2.45) is 11.7 Å². The third-order valence-electron chi connectivity index (χ3n) is 6.97. The topological polar surface area (TPSA) is 78.7 Å². The van der Waals surface area contributed by atoms with Crippen LogP contribution in [0.1, 0.15) is 42.9 Å². The SMILES string of the molecule is NC(=O)[C@@H](NC(=O)[C@@H]1CCCCC1N1CCN(Cc2ccccc2)CC1)c1ccc(F)cc1. The number of amides is 2. The first-order valence-electron chi connectivity index (χ1n) is 11.9. The first-order valence-corrected chi connectivity index (χ1v) is 11.9. The number of carbonyl (C=O) groups excluding carboxylic acids is 2. The predicted molar refractivity (Wildman–Crippen MR) is 126 cm³/mol. The Labute approximate surface area is 194 Å². The largest absolute Gasteiger partial charge is 0.368 e. The molecule has 7 heteroatoms. The fourth-order valence-corrected chi connectivity index (χ4v) is 5.17. The van der Waals surface area contributed by atoms with Crippen molar-refractivity contribution in [1.29, 1.82) is 0 Å². The molecule has 1 aliphatic heterocycles. The maximum atomic E-state index is 13.3. The van der Waals surface area contributed by atoms with Gasteiger partial charge >= 0.3 is 0 Å². The summed E-state index contributed by atoms with van der Waals surface area (Å²) in [5.41, 5.74) is 7.40. The number of piperazine rings is 1. The average Bonchev–Trinajstić information content (AvgIpc) is 2.84. The second-order valence-corrected chi connectivity index (χ2v) is 9.15. The molecule has 2 fully saturated rings. The number of nitrogens with two attached hydrogens (primary N) is 1. The highest BCUT2D eigenvalue weighted by Crippen LogP contribution is 2.30. The summed E-state index contributed by atoms with van der Waals surface area (Å²) in [6.07, 6.45) is 3.89. The Bertz CT molecular complexity index is 929. The number of hydrogen-bond donors (Lipinski definition) is 2. The summed E-state index contributed by atoms with van der Waals surface area (Å²) in [5, 5.41) is 2.86. The van der Waals surface area contributed by atoms with Gasteiger partial charge in [0.05, 0.1) is 5.92 Å². The standard InChI is InChI=1S/C26H33FN4O2/c27-21-12-10-20(11-13-21)24(25(28)32)29-26(33)22-8-4-5-9-23(22)31-16-14-30(15-17-31)18-19-6-2-1-3-7-19/h1-3,6-7,10-13,22-24H,4-5,8-9,14-18H2,(H2,28,32)(H,29,33)/t22-,23?,24+/m1/s1. The molecule has 3 atom stereocenters. The molecule has 0 bridgehead atoms. The number of nitrogens with zero attached hydrogens (tertiary/aromatic N) is 2. The second kappa shape index (κ2) is 10.9. The Morgan fingerprint density at radius 1 is 0.970 bits per heavy atom. The van der Waals surface area contributed by atoms with Gasteiger partial charge in [0, 0.05) is 38.8 Å². The number of benzene rings is 2. The van der Waals surface area contributed by atoms with Crippen LogP contribution in [0.2, 0.25) is 0 Å². The Hall–Kier alpha value is -2.77. The molecule has 4 rings (SSSR count). The minimum absolute atomic E-state index is 0.139. The molecule has 2 amide bonds. The van der Waals surface area contributed by atoms with E-state index in [-0.39, 0.29) is 17.9 Å². The van der Waals surface area contributed by atoms with Gasteiger partial charge in [0.25, 0.3) is 0 Å². The number of primary amides is 1. The van der Waals surface area contributed by atoms with E-state index >= 15 is 0 Å². The highest BCUT2D eigenvalue weighted by atomic mass is 19.1. The van der Waals surface area contributed by atoms with E-state index in [1.54, 1.807) is 0 Å². The van der Waals surface area contributed by atoms with E-state index in [2.05, 4.69) is 39.4 Å². The smallest absolute Gasteiger partial charge is 0.244 e. The fraction of sp³-hybridized carbons (Fsp3) is 0.462. The van der Waals surface area contributed by atoms with E-state index in [1.807, 2.05) is 6.07 Å². The van der Waals surface area contributed by atoms with Crippen LogP contribution < -0.4 is 11.1 Å². The number of rotatable bonds is 7. The second-order valence-electron chi connectivity index (χ2n) is 9.15. The lowest BCUT2D eigenvalue weighted by molar-refractivity contribution is -0.133. The number of halogens is 1. The summed E-state index contributed by atoms with van der Waals surface area (Å²) >= 11 is 0. The summed E-state index contributed by atoms with van der Waals surface area (Å²) in [6.45, 7) is 4.75. The van der Waals surface area contributed by atoms with Crippen molar-refractivity contribution in [3.63, 3.8) is 0 Å². The average molecular weight is 453 g/mol. The number of hydrogen-bond acceptors (Lipinski definition) is 4. The molecule has 1 heterocycles. The first kappa shape index (κ1) is 23.4. The summed E-state index contributed by atoms with van der Waals surface area (Å²) in [7, 11) is 0. The van der Waals surface area contributed by atoms with Crippen molar-refractivity contribution < 1.29 is 14.0 Å². The number of nitrogens with one attached hydrogen (secondary N) is 1. The molecule has 2 aromatic rings. The van der Waals surface area contributed by atoms with Gasteiger partial charge in [-0.2, -0.15) is 0 Å². The lowest BCUT2D eigenvalue weighted by Gasteiger charge is -2.44. The van der Waals surface area contributed by atoms with Crippen LogP contribution in [0.25, 0.3) is 0 Å². The number of carbonyl (C=O) groups is 2. The van der Waals surface area contributed by atoms with Crippen LogP contribution in [0, 0.1) is 11.7 Å². The third kappa shape index (κ3) is 5.97. The molecule has 1 saturated carbocycles. The molecule has 1 saturated heterocycles. The monoisotopic (exact) mass is 452 g/mol. The molecule has 0 aromatic heterocycles. The Morgan fingerprint density at radius 3 is 2.30 bits per heavy atom. The van der Waals surface area contributed by atoms with Crippen molar-refractivity contribution in [1.82, 2.24) is 15.1 Å². The van der Waals surface area contributed by atoms with Crippen molar-refractivity contribution in [3.8, 4) is 0 Å². The van der Waals surface area contributed by atoms with Crippen LogP contribution in [0.3, 0.4) is 0 Å². The lowest BCUT2D eigenvalue weighted by atomic mass is 9.82. The van der Waals surface area contributed by atoms with Gasteiger partial charge in [-0.25, -0.2) is 4.39 Å². The highest BCUT2D eigenvalue weighted by Gasteiger charge is 2.37. The minimum atomic E-state index is -0.955. The van der Waals surface area contributed by atoms with Crippen LogP contribution in [0.5, 0.6) is 0 Å². The Kier molecular flexibility index (Phi) is 7.73. The molecular formula is C26H33FN4O2. The summed E-state index contributed by atoms with van der Waals surface area (Å²) in [6, 6.07) is 15.2. The van der Waals surface area contributed by atoms with Gasteiger partial charge in [0.15, 0.2) is 0 Å². The normalized spacial score (nSPS) is 23.1. The van der Waals surface area contributed by atoms with Crippen LogP contribution >= 0.6 is 0 Å². The molecular weight excluding hydrogens is 419 g/mol. The molecule has 0 spiro atoms. The van der Waals surface area contributed by atoms with Gasteiger partial charge in [-0.1, -0.05) is 55.3 Å². The zero-order valence-electron chi connectivity index (χ0n) is 19.0.